The predicted octanol–water partition coefficient (Wildman–Crippen LogP) is 1.36. The topological polar surface area (TPSA) is 59.6 Å². The fraction of sp³-hybridized carbons (Fsp3) is 0.533. The number of benzene rings is 1. The molecular weight excluding hydrogens is 294 g/mol. The lowest BCUT2D eigenvalue weighted by atomic mass is 10.1. The molecular formula is C15H20F2N2O3. The van der Waals surface area contributed by atoms with Crippen molar-refractivity contribution in [2.75, 3.05) is 27.3 Å². The minimum Gasteiger partial charge on any atom is -0.497 e. The zero-order valence-corrected chi connectivity index (χ0v) is 12.6. The molecule has 1 aromatic carbocycles. The predicted molar refractivity (Wildman–Crippen MR) is 77.6 cm³/mol. The van der Waals surface area contributed by atoms with Gasteiger partial charge in [0.05, 0.1) is 26.8 Å². The van der Waals surface area contributed by atoms with Crippen molar-refractivity contribution >= 4 is 5.91 Å². The van der Waals surface area contributed by atoms with E-state index < -0.39 is 30.8 Å². The summed E-state index contributed by atoms with van der Waals surface area (Å²) < 4.78 is 36.5. The summed E-state index contributed by atoms with van der Waals surface area (Å²) in [6.45, 7) is -0.0946. The second-order valence-corrected chi connectivity index (χ2v) is 5.21. The van der Waals surface area contributed by atoms with Gasteiger partial charge in [-0.1, -0.05) is 6.07 Å². The van der Waals surface area contributed by atoms with Crippen molar-refractivity contribution < 1.29 is 23.0 Å². The van der Waals surface area contributed by atoms with Crippen molar-refractivity contribution in [1.29, 1.82) is 0 Å². The van der Waals surface area contributed by atoms with E-state index in [1.165, 1.54) is 0 Å². The standard InChI is InChI=1S/C15H20F2N2O3/c1-21-11-4-3-10(13(7-11)22-2)5-6-18-14(20)12-8-15(16,17)9-19-12/h3-4,7,12,19H,5-6,8-9H2,1-2H3,(H,18,20). The molecule has 1 aromatic rings. The van der Waals surface area contributed by atoms with Crippen LogP contribution in [-0.2, 0) is 11.2 Å². The molecule has 122 valence electrons. The van der Waals surface area contributed by atoms with Crippen molar-refractivity contribution in [2.45, 2.75) is 24.8 Å². The summed E-state index contributed by atoms with van der Waals surface area (Å²) in [5.41, 5.74) is 0.910. The first-order valence-corrected chi connectivity index (χ1v) is 7.05. The third kappa shape index (κ3) is 4.07. The van der Waals surface area contributed by atoms with Gasteiger partial charge >= 0.3 is 0 Å². The van der Waals surface area contributed by atoms with Gasteiger partial charge in [0, 0.05) is 19.0 Å². The van der Waals surface area contributed by atoms with Crippen LogP contribution >= 0.6 is 0 Å². The van der Waals surface area contributed by atoms with E-state index >= 15 is 0 Å². The summed E-state index contributed by atoms with van der Waals surface area (Å²) >= 11 is 0. The van der Waals surface area contributed by atoms with Gasteiger partial charge in [-0.25, -0.2) is 8.78 Å². The molecule has 1 saturated heterocycles. The maximum atomic E-state index is 13.0. The molecule has 0 aliphatic carbocycles. The van der Waals surface area contributed by atoms with Gasteiger partial charge in [0.1, 0.15) is 11.5 Å². The molecule has 22 heavy (non-hydrogen) atoms. The molecule has 5 nitrogen and oxygen atoms in total. The fourth-order valence-electron chi connectivity index (χ4n) is 2.40. The molecule has 0 aromatic heterocycles. The minimum absolute atomic E-state index is 0.352. The zero-order chi connectivity index (χ0) is 16.2. The Kier molecular flexibility index (Phi) is 5.18. The van der Waals surface area contributed by atoms with E-state index in [0.717, 1.165) is 5.56 Å². The Bertz CT molecular complexity index is 538. The van der Waals surface area contributed by atoms with Crippen LogP contribution in [0.3, 0.4) is 0 Å². The number of carbonyl (C=O) groups is 1. The number of carbonyl (C=O) groups excluding carboxylic acids is 1. The van der Waals surface area contributed by atoms with Gasteiger partial charge in [-0.3, -0.25) is 10.1 Å². The van der Waals surface area contributed by atoms with Gasteiger partial charge in [0.25, 0.3) is 5.92 Å². The molecule has 1 unspecified atom stereocenters. The molecule has 7 heteroatoms. The molecule has 0 radical (unpaired) electrons. The highest BCUT2D eigenvalue weighted by atomic mass is 19.3. The van der Waals surface area contributed by atoms with Crippen LogP contribution in [0.5, 0.6) is 11.5 Å². The number of hydrogen-bond acceptors (Lipinski definition) is 4. The molecule has 1 fully saturated rings. The lowest BCUT2D eigenvalue weighted by molar-refractivity contribution is -0.123. The number of halogens is 2. The Balaban J connectivity index is 1.85. The smallest absolute Gasteiger partial charge is 0.262 e. The summed E-state index contributed by atoms with van der Waals surface area (Å²) in [5.74, 6) is -1.85. The van der Waals surface area contributed by atoms with E-state index in [0.29, 0.717) is 24.5 Å². The highest BCUT2D eigenvalue weighted by Gasteiger charge is 2.42. The SMILES string of the molecule is COc1ccc(CCNC(=O)C2CC(F)(F)CN2)c(OC)c1. The van der Waals surface area contributed by atoms with E-state index in [4.69, 9.17) is 9.47 Å². The number of methoxy groups -OCH3 is 2. The highest BCUT2D eigenvalue weighted by molar-refractivity contribution is 5.82. The third-order valence-electron chi connectivity index (χ3n) is 3.61. The first kappa shape index (κ1) is 16.5. The second kappa shape index (κ2) is 6.91. The van der Waals surface area contributed by atoms with Gasteiger partial charge in [-0.05, 0) is 18.1 Å². The first-order chi connectivity index (χ1) is 10.4. The molecule has 1 amide bonds. The molecule has 0 spiro atoms. The van der Waals surface area contributed by atoms with Crippen molar-refractivity contribution in [2.24, 2.45) is 0 Å². The number of amides is 1. The van der Waals surface area contributed by atoms with Crippen LogP contribution in [-0.4, -0.2) is 45.2 Å². The summed E-state index contributed by atoms with van der Waals surface area (Å²) in [6, 6.07) is 4.59. The maximum Gasteiger partial charge on any atom is 0.262 e. The largest absolute Gasteiger partial charge is 0.497 e. The molecule has 2 rings (SSSR count). The summed E-state index contributed by atoms with van der Waals surface area (Å²) in [7, 11) is 3.13. The van der Waals surface area contributed by atoms with Crippen LogP contribution in [0, 0.1) is 0 Å². The van der Waals surface area contributed by atoms with Crippen molar-refractivity contribution in [3.63, 3.8) is 0 Å². The van der Waals surface area contributed by atoms with Gasteiger partial charge in [-0.2, -0.15) is 0 Å². The summed E-state index contributed by atoms with van der Waals surface area (Å²) in [4.78, 5) is 11.8. The average molecular weight is 314 g/mol. The number of alkyl halides is 2. The molecule has 1 aliphatic rings. The quantitative estimate of drug-likeness (QED) is 0.832. The van der Waals surface area contributed by atoms with Crippen molar-refractivity contribution in [1.82, 2.24) is 10.6 Å². The Labute approximate surface area is 128 Å². The number of nitrogens with one attached hydrogen (secondary N) is 2. The number of ether oxygens (including phenoxy) is 2. The fourth-order valence-corrected chi connectivity index (χ4v) is 2.40. The summed E-state index contributed by atoms with van der Waals surface area (Å²) in [5, 5.41) is 5.20. The molecule has 2 N–H and O–H groups in total. The van der Waals surface area contributed by atoms with Crippen molar-refractivity contribution in [3.05, 3.63) is 23.8 Å². The summed E-state index contributed by atoms with van der Waals surface area (Å²) in [6.07, 6.45) is 0.0900. The van der Waals surface area contributed by atoms with Gasteiger partial charge < -0.3 is 14.8 Å². The van der Waals surface area contributed by atoms with Gasteiger partial charge in [0.2, 0.25) is 5.91 Å². The minimum atomic E-state index is -2.80. The lowest BCUT2D eigenvalue weighted by Gasteiger charge is -2.13. The van der Waals surface area contributed by atoms with E-state index in [2.05, 4.69) is 10.6 Å². The number of rotatable bonds is 6. The van der Waals surface area contributed by atoms with Crippen LogP contribution < -0.4 is 20.1 Å². The van der Waals surface area contributed by atoms with E-state index in [9.17, 15) is 13.6 Å². The molecule has 1 heterocycles. The monoisotopic (exact) mass is 314 g/mol. The molecule has 1 aliphatic heterocycles. The molecule has 1 atom stereocenters. The highest BCUT2D eigenvalue weighted by Crippen LogP contribution is 2.26. The Morgan fingerprint density at radius 2 is 2.18 bits per heavy atom. The van der Waals surface area contributed by atoms with Crippen LogP contribution in [0.4, 0.5) is 8.78 Å². The lowest BCUT2D eigenvalue weighted by Crippen LogP contribution is -2.41. The van der Waals surface area contributed by atoms with Crippen molar-refractivity contribution in [3.8, 4) is 11.5 Å². The Morgan fingerprint density at radius 3 is 2.77 bits per heavy atom. The average Bonchev–Trinajstić information content (AvgIpc) is 2.87. The number of hydrogen-bond donors (Lipinski definition) is 2. The molecule has 0 saturated carbocycles. The molecule has 0 bridgehead atoms. The van der Waals surface area contributed by atoms with Crippen LogP contribution in [0.25, 0.3) is 0 Å². The van der Waals surface area contributed by atoms with E-state index in [1.54, 1.807) is 26.4 Å². The third-order valence-corrected chi connectivity index (χ3v) is 3.61. The van der Waals surface area contributed by atoms with Crippen LogP contribution in [0.1, 0.15) is 12.0 Å². The van der Waals surface area contributed by atoms with Gasteiger partial charge in [-0.15, -0.1) is 0 Å². The first-order valence-electron chi connectivity index (χ1n) is 7.05. The van der Waals surface area contributed by atoms with Gasteiger partial charge in [0.15, 0.2) is 0 Å². The normalized spacial score (nSPS) is 19.7. The maximum absolute atomic E-state index is 13.0. The second-order valence-electron chi connectivity index (χ2n) is 5.21. The zero-order valence-electron chi connectivity index (χ0n) is 12.6. The van der Waals surface area contributed by atoms with Crippen LogP contribution in [0.2, 0.25) is 0 Å². The van der Waals surface area contributed by atoms with E-state index in [-0.39, 0.29) is 0 Å². The van der Waals surface area contributed by atoms with Crippen LogP contribution in [0.15, 0.2) is 18.2 Å². The Morgan fingerprint density at radius 1 is 1.41 bits per heavy atom. The van der Waals surface area contributed by atoms with E-state index in [1.807, 2.05) is 6.07 Å². The Hall–Kier alpha value is -1.89.